The van der Waals surface area contributed by atoms with Crippen molar-refractivity contribution in [2.75, 3.05) is 5.73 Å². The number of aromatic nitrogens is 1. The molecule has 1 aromatic rings. The maximum Gasteiger partial charge on any atom is 0.267 e. The molecule has 0 aliphatic rings. The summed E-state index contributed by atoms with van der Waals surface area (Å²) in [7, 11) is 0. The fourth-order valence-electron chi connectivity index (χ4n) is 1.17. The Morgan fingerprint density at radius 2 is 2.14 bits per heavy atom. The maximum absolute atomic E-state index is 12.5. The summed E-state index contributed by atoms with van der Waals surface area (Å²) >= 11 is 0. The number of carbonyl (C=O) groups is 1. The minimum atomic E-state index is -2.79. The van der Waals surface area contributed by atoms with Gasteiger partial charge in [-0.25, -0.2) is 13.8 Å². The number of rotatable bonds is 2. The molecule has 0 aliphatic heterocycles. The van der Waals surface area contributed by atoms with Crippen molar-refractivity contribution >= 4 is 11.7 Å². The molecule has 0 unspecified atom stereocenters. The number of alkyl halides is 2. The standard InChI is InChI=1S/C8H9F2N3O/c1-3-2-4(11)13-6(8(12)14)5(3)7(9)10/h2,7H,1H3,(H2,11,13)(H2,12,14). The van der Waals surface area contributed by atoms with E-state index in [-0.39, 0.29) is 11.4 Å². The molecule has 4 N–H and O–H groups in total. The Morgan fingerprint density at radius 3 is 2.57 bits per heavy atom. The minimum absolute atomic E-state index is 0.000648. The van der Waals surface area contributed by atoms with Crippen LogP contribution in [0, 0.1) is 6.92 Å². The van der Waals surface area contributed by atoms with Crippen LogP contribution in [0.25, 0.3) is 0 Å². The molecule has 1 rings (SSSR count). The maximum atomic E-state index is 12.5. The molecule has 0 saturated carbocycles. The van der Waals surface area contributed by atoms with Crippen molar-refractivity contribution in [3.05, 3.63) is 22.9 Å². The van der Waals surface area contributed by atoms with E-state index in [1.54, 1.807) is 0 Å². The Balaban J connectivity index is 3.44. The van der Waals surface area contributed by atoms with Crippen LogP contribution in [0.1, 0.15) is 28.0 Å². The molecule has 76 valence electrons. The number of amides is 1. The summed E-state index contributed by atoms with van der Waals surface area (Å²) < 4.78 is 25.0. The van der Waals surface area contributed by atoms with Gasteiger partial charge in [0.15, 0.2) is 0 Å². The van der Waals surface area contributed by atoms with Crippen LogP contribution in [-0.4, -0.2) is 10.9 Å². The first-order chi connectivity index (χ1) is 6.43. The Kier molecular flexibility index (Phi) is 2.64. The van der Waals surface area contributed by atoms with Crippen molar-refractivity contribution in [2.45, 2.75) is 13.3 Å². The molecule has 0 saturated heterocycles. The van der Waals surface area contributed by atoms with Crippen LogP contribution in [0.15, 0.2) is 6.07 Å². The molecule has 14 heavy (non-hydrogen) atoms. The van der Waals surface area contributed by atoms with Gasteiger partial charge in [0.25, 0.3) is 12.3 Å². The van der Waals surface area contributed by atoms with Crippen molar-refractivity contribution in [3.63, 3.8) is 0 Å². The van der Waals surface area contributed by atoms with E-state index >= 15 is 0 Å². The van der Waals surface area contributed by atoms with Crippen molar-refractivity contribution in [2.24, 2.45) is 5.73 Å². The van der Waals surface area contributed by atoms with Gasteiger partial charge >= 0.3 is 0 Å². The van der Waals surface area contributed by atoms with Crippen LogP contribution in [-0.2, 0) is 0 Å². The average molecular weight is 201 g/mol. The zero-order valence-electron chi connectivity index (χ0n) is 7.42. The molecule has 1 aromatic heterocycles. The van der Waals surface area contributed by atoms with Gasteiger partial charge in [0.1, 0.15) is 11.5 Å². The van der Waals surface area contributed by atoms with E-state index in [1.165, 1.54) is 13.0 Å². The van der Waals surface area contributed by atoms with Crippen LogP contribution < -0.4 is 11.5 Å². The molecule has 1 heterocycles. The summed E-state index contributed by atoms with van der Waals surface area (Å²) in [5.41, 5.74) is 9.50. The number of hydrogen-bond acceptors (Lipinski definition) is 3. The molecule has 0 spiro atoms. The molecule has 1 amide bonds. The summed E-state index contributed by atoms with van der Waals surface area (Å²) in [5, 5.41) is 0. The smallest absolute Gasteiger partial charge is 0.267 e. The van der Waals surface area contributed by atoms with E-state index < -0.39 is 23.6 Å². The topological polar surface area (TPSA) is 82.0 Å². The largest absolute Gasteiger partial charge is 0.384 e. The first-order valence-electron chi connectivity index (χ1n) is 3.78. The molecular weight excluding hydrogens is 192 g/mol. The average Bonchev–Trinajstić information content (AvgIpc) is 2.01. The lowest BCUT2D eigenvalue weighted by Crippen LogP contribution is -2.18. The third-order valence-electron chi connectivity index (χ3n) is 1.74. The van der Waals surface area contributed by atoms with E-state index in [4.69, 9.17) is 11.5 Å². The number of pyridine rings is 1. The fraction of sp³-hybridized carbons (Fsp3) is 0.250. The molecule has 0 aliphatic carbocycles. The van der Waals surface area contributed by atoms with Crippen molar-refractivity contribution in [1.82, 2.24) is 4.98 Å². The third-order valence-corrected chi connectivity index (χ3v) is 1.74. The molecule has 0 radical (unpaired) electrons. The van der Waals surface area contributed by atoms with Gasteiger partial charge < -0.3 is 11.5 Å². The highest BCUT2D eigenvalue weighted by Crippen LogP contribution is 2.26. The number of primary amides is 1. The van der Waals surface area contributed by atoms with Gasteiger partial charge in [-0.05, 0) is 18.6 Å². The van der Waals surface area contributed by atoms with Crippen LogP contribution in [0.4, 0.5) is 14.6 Å². The quantitative estimate of drug-likeness (QED) is 0.749. The van der Waals surface area contributed by atoms with Crippen LogP contribution >= 0.6 is 0 Å². The molecule has 4 nitrogen and oxygen atoms in total. The zero-order chi connectivity index (χ0) is 10.9. The highest BCUT2D eigenvalue weighted by molar-refractivity contribution is 5.93. The predicted octanol–water partition coefficient (Wildman–Crippen LogP) is 1.01. The van der Waals surface area contributed by atoms with Crippen LogP contribution in [0.3, 0.4) is 0 Å². The lowest BCUT2D eigenvalue weighted by atomic mass is 10.1. The molecule has 0 atom stereocenters. The van der Waals surface area contributed by atoms with Crippen molar-refractivity contribution in [1.29, 1.82) is 0 Å². The number of nitrogens with zero attached hydrogens (tertiary/aromatic N) is 1. The lowest BCUT2D eigenvalue weighted by Gasteiger charge is -2.09. The minimum Gasteiger partial charge on any atom is -0.384 e. The molecule has 0 bridgehead atoms. The Labute approximate surface area is 78.9 Å². The van der Waals surface area contributed by atoms with Crippen molar-refractivity contribution in [3.8, 4) is 0 Å². The van der Waals surface area contributed by atoms with E-state index in [9.17, 15) is 13.6 Å². The van der Waals surface area contributed by atoms with E-state index in [0.29, 0.717) is 0 Å². The van der Waals surface area contributed by atoms with Gasteiger partial charge in [-0.1, -0.05) is 0 Å². The monoisotopic (exact) mass is 201 g/mol. The second kappa shape index (κ2) is 3.57. The number of aryl methyl sites for hydroxylation is 1. The van der Waals surface area contributed by atoms with Gasteiger partial charge in [-0.3, -0.25) is 4.79 Å². The second-order valence-electron chi connectivity index (χ2n) is 2.79. The number of nitrogen functional groups attached to an aromatic ring is 1. The molecular formula is C8H9F2N3O. The highest BCUT2D eigenvalue weighted by atomic mass is 19.3. The molecule has 0 fully saturated rings. The Morgan fingerprint density at radius 1 is 1.57 bits per heavy atom. The molecule has 6 heteroatoms. The van der Waals surface area contributed by atoms with E-state index in [0.717, 1.165) is 0 Å². The lowest BCUT2D eigenvalue weighted by molar-refractivity contribution is 0.0979. The SMILES string of the molecule is Cc1cc(N)nc(C(N)=O)c1C(F)F. The predicted molar refractivity (Wildman–Crippen MR) is 46.9 cm³/mol. The first kappa shape index (κ1) is 10.4. The summed E-state index contributed by atoms with van der Waals surface area (Å²) in [6.45, 7) is 1.42. The number of nitrogens with two attached hydrogens (primary N) is 2. The number of hydrogen-bond donors (Lipinski definition) is 2. The van der Waals surface area contributed by atoms with Gasteiger partial charge in [-0.15, -0.1) is 0 Å². The first-order valence-corrected chi connectivity index (χ1v) is 3.78. The van der Waals surface area contributed by atoms with Gasteiger partial charge in [0.2, 0.25) is 0 Å². The Hall–Kier alpha value is -1.72. The van der Waals surface area contributed by atoms with Crippen LogP contribution in [0.5, 0.6) is 0 Å². The van der Waals surface area contributed by atoms with Gasteiger partial charge in [-0.2, -0.15) is 0 Å². The van der Waals surface area contributed by atoms with Crippen LogP contribution in [0.2, 0.25) is 0 Å². The van der Waals surface area contributed by atoms with Gasteiger partial charge in [0.05, 0.1) is 5.56 Å². The summed E-state index contributed by atoms with van der Waals surface area (Å²) in [6.07, 6.45) is -2.79. The fourth-order valence-corrected chi connectivity index (χ4v) is 1.17. The number of carbonyl (C=O) groups excluding carboxylic acids is 1. The number of anilines is 1. The van der Waals surface area contributed by atoms with Gasteiger partial charge in [0, 0.05) is 0 Å². The molecule has 0 aromatic carbocycles. The van der Waals surface area contributed by atoms with E-state index in [1.807, 2.05) is 0 Å². The summed E-state index contributed by atoms with van der Waals surface area (Å²) in [6, 6.07) is 1.27. The second-order valence-corrected chi connectivity index (χ2v) is 2.79. The summed E-state index contributed by atoms with van der Waals surface area (Å²) in [5.74, 6) is -1.00. The van der Waals surface area contributed by atoms with E-state index in [2.05, 4.69) is 4.98 Å². The summed E-state index contributed by atoms with van der Waals surface area (Å²) in [4.78, 5) is 14.3. The number of halogens is 2. The highest BCUT2D eigenvalue weighted by Gasteiger charge is 2.21. The Bertz CT molecular complexity index is 379. The normalized spacial score (nSPS) is 10.6. The zero-order valence-corrected chi connectivity index (χ0v) is 7.42. The third kappa shape index (κ3) is 1.78. The van der Waals surface area contributed by atoms with Crippen molar-refractivity contribution < 1.29 is 13.6 Å².